The van der Waals surface area contributed by atoms with Crippen molar-refractivity contribution in [2.24, 2.45) is 0 Å². The molecule has 1 atom stereocenters. The maximum Gasteiger partial charge on any atom is 0.346 e. The molecular weight excluding hydrogens is 448 g/mol. The van der Waals surface area contributed by atoms with Crippen LogP contribution in [0.15, 0.2) is 48.5 Å². The van der Waals surface area contributed by atoms with Crippen molar-refractivity contribution in [3.05, 3.63) is 87.6 Å². The number of nitrogens with zero attached hydrogens (tertiary/aromatic N) is 2. The molecule has 0 fully saturated rings. The summed E-state index contributed by atoms with van der Waals surface area (Å²) in [6.07, 6.45) is 1.37. The highest BCUT2D eigenvalue weighted by molar-refractivity contribution is 8.10. The monoisotopic (exact) mass is 465 g/mol. The van der Waals surface area contributed by atoms with Crippen LogP contribution < -0.4 is 16.3 Å². The Morgan fingerprint density at radius 1 is 1.21 bits per heavy atom. The molecule has 2 N–H and O–H groups in total. The SMILES string of the molecule is CCOC(=O)C1=c2/c(=C/c3ccccc3F)c(N)c(C#N)n2C(=O)C(c2ccccc2F)S1. The Morgan fingerprint density at radius 3 is 2.52 bits per heavy atom. The largest absolute Gasteiger partial charge is 0.462 e. The highest BCUT2D eigenvalue weighted by Crippen LogP contribution is 2.40. The van der Waals surface area contributed by atoms with E-state index in [1.807, 2.05) is 6.07 Å². The van der Waals surface area contributed by atoms with Gasteiger partial charge in [-0.15, -0.1) is 0 Å². The number of fused-ring (bicyclic) bond motifs is 1. The minimum absolute atomic E-state index is 0.0216. The van der Waals surface area contributed by atoms with E-state index in [9.17, 15) is 23.6 Å². The van der Waals surface area contributed by atoms with Crippen LogP contribution in [0.25, 0.3) is 11.0 Å². The van der Waals surface area contributed by atoms with E-state index in [1.165, 1.54) is 42.5 Å². The van der Waals surface area contributed by atoms with Crippen molar-refractivity contribution in [3.63, 3.8) is 0 Å². The topological polar surface area (TPSA) is 98.1 Å². The normalized spacial score (nSPS) is 15.8. The van der Waals surface area contributed by atoms with Gasteiger partial charge in [-0.3, -0.25) is 9.36 Å². The molecule has 1 aliphatic heterocycles. The average molecular weight is 465 g/mol. The number of anilines is 1. The Hall–Kier alpha value is -3.90. The second-order valence-corrected chi connectivity index (χ2v) is 8.16. The number of aromatic nitrogens is 1. The van der Waals surface area contributed by atoms with Gasteiger partial charge in [-0.1, -0.05) is 48.2 Å². The average Bonchev–Trinajstić information content (AvgIpc) is 3.08. The number of benzene rings is 2. The molecule has 1 unspecified atom stereocenters. The molecule has 3 aromatic rings. The maximum atomic E-state index is 14.6. The molecule has 9 heteroatoms. The zero-order chi connectivity index (χ0) is 23.7. The summed E-state index contributed by atoms with van der Waals surface area (Å²) in [5.41, 5.74) is 6.09. The van der Waals surface area contributed by atoms with Gasteiger partial charge in [0.2, 0.25) is 5.91 Å². The molecule has 6 nitrogen and oxygen atoms in total. The van der Waals surface area contributed by atoms with Gasteiger partial charge in [0.05, 0.1) is 17.6 Å². The fourth-order valence-corrected chi connectivity index (χ4v) is 4.85. The number of rotatable bonds is 4. The van der Waals surface area contributed by atoms with Crippen LogP contribution in [0.2, 0.25) is 0 Å². The van der Waals surface area contributed by atoms with E-state index in [2.05, 4.69) is 0 Å². The minimum Gasteiger partial charge on any atom is -0.462 e. The first-order valence-corrected chi connectivity index (χ1v) is 10.8. The van der Waals surface area contributed by atoms with Crippen LogP contribution in [0.5, 0.6) is 0 Å². The predicted octanol–water partition coefficient (Wildman–Crippen LogP) is 2.85. The van der Waals surface area contributed by atoms with E-state index in [1.54, 1.807) is 19.1 Å². The second-order valence-electron chi connectivity index (χ2n) is 7.04. The van der Waals surface area contributed by atoms with Crippen molar-refractivity contribution in [2.45, 2.75) is 12.2 Å². The molecule has 0 saturated carbocycles. The molecule has 0 amide bonds. The molecule has 1 aliphatic rings. The van der Waals surface area contributed by atoms with Crippen molar-refractivity contribution in [1.29, 1.82) is 5.26 Å². The van der Waals surface area contributed by atoms with Gasteiger partial charge in [-0.2, -0.15) is 5.26 Å². The third kappa shape index (κ3) is 3.79. The number of nitrogens with two attached hydrogens (primary N) is 1. The van der Waals surface area contributed by atoms with Crippen molar-refractivity contribution >= 4 is 40.3 Å². The summed E-state index contributed by atoms with van der Waals surface area (Å²) < 4.78 is 35.1. The van der Waals surface area contributed by atoms with E-state index < -0.39 is 28.8 Å². The summed E-state index contributed by atoms with van der Waals surface area (Å²) in [6.45, 7) is 1.67. The van der Waals surface area contributed by atoms with E-state index in [0.29, 0.717) is 0 Å². The predicted molar refractivity (Wildman–Crippen MR) is 120 cm³/mol. The van der Waals surface area contributed by atoms with Gasteiger partial charge in [0.25, 0.3) is 0 Å². The highest BCUT2D eigenvalue weighted by Gasteiger charge is 2.37. The number of halogens is 2. The van der Waals surface area contributed by atoms with Crippen LogP contribution in [0, 0.1) is 23.0 Å². The minimum atomic E-state index is -1.15. The lowest BCUT2D eigenvalue weighted by Crippen LogP contribution is -2.42. The maximum absolute atomic E-state index is 14.6. The van der Waals surface area contributed by atoms with Crippen LogP contribution in [-0.2, 0) is 9.53 Å². The Morgan fingerprint density at radius 2 is 1.88 bits per heavy atom. The van der Waals surface area contributed by atoms with Gasteiger partial charge in [0.15, 0.2) is 5.69 Å². The Balaban J connectivity index is 2.10. The number of carbonyl (C=O) groups excluding carboxylic acids is 2. The summed E-state index contributed by atoms with van der Waals surface area (Å²) >= 11 is 0.812. The van der Waals surface area contributed by atoms with Crippen molar-refractivity contribution in [3.8, 4) is 6.07 Å². The highest BCUT2D eigenvalue weighted by atomic mass is 32.2. The van der Waals surface area contributed by atoms with Crippen LogP contribution in [0.3, 0.4) is 0 Å². The third-order valence-corrected chi connectivity index (χ3v) is 6.39. The van der Waals surface area contributed by atoms with Crippen molar-refractivity contribution in [1.82, 2.24) is 4.57 Å². The first kappa shape index (κ1) is 22.3. The second kappa shape index (κ2) is 8.92. The molecular formula is C24H17F2N3O3S. The number of nitrogen functional groups attached to an aromatic ring is 1. The molecule has 2 heterocycles. The standard InChI is InChI=1S/C24H17F2N3O3S/c1-2-32-24(31)22-20-15(11-13-7-3-5-9-16(13)25)19(28)18(12-27)29(20)23(30)21(33-22)14-8-4-6-10-17(14)26/h3-11,21H,2,28H2,1H3/b15-11+. The summed E-state index contributed by atoms with van der Waals surface area (Å²) in [5.74, 6) is -2.59. The number of ether oxygens (including phenoxy) is 1. The summed E-state index contributed by atoms with van der Waals surface area (Å²) in [7, 11) is 0. The smallest absolute Gasteiger partial charge is 0.346 e. The van der Waals surface area contributed by atoms with Gasteiger partial charge in [0, 0.05) is 16.3 Å². The summed E-state index contributed by atoms with van der Waals surface area (Å²) in [6, 6.07) is 13.4. The van der Waals surface area contributed by atoms with E-state index in [0.717, 1.165) is 16.3 Å². The number of hydrogen-bond donors (Lipinski definition) is 1. The van der Waals surface area contributed by atoms with Gasteiger partial charge in [-0.25, -0.2) is 13.6 Å². The lowest BCUT2D eigenvalue weighted by Gasteiger charge is -2.23. The molecule has 0 bridgehead atoms. The van der Waals surface area contributed by atoms with E-state index >= 15 is 0 Å². The molecule has 1 aromatic heterocycles. The molecule has 33 heavy (non-hydrogen) atoms. The van der Waals surface area contributed by atoms with E-state index in [-0.39, 0.29) is 44.6 Å². The van der Waals surface area contributed by atoms with Gasteiger partial charge in [0.1, 0.15) is 27.9 Å². The molecule has 0 radical (unpaired) electrons. The quantitative estimate of drug-likeness (QED) is 0.595. The number of esters is 1. The zero-order valence-corrected chi connectivity index (χ0v) is 18.2. The Labute approximate surface area is 191 Å². The lowest BCUT2D eigenvalue weighted by atomic mass is 10.1. The third-order valence-electron chi connectivity index (χ3n) is 5.10. The summed E-state index contributed by atoms with van der Waals surface area (Å²) in [4.78, 5) is 26.3. The van der Waals surface area contributed by atoms with Crippen LogP contribution in [-0.4, -0.2) is 23.1 Å². The fourth-order valence-electron chi connectivity index (χ4n) is 3.62. The Kier molecular flexibility index (Phi) is 6.03. The van der Waals surface area contributed by atoms with Gasteiger partial charge < -0.3 is 10.5 Å². The first-order valence-electron chi connectivity index (χ1n) is 9.92. The molecule has 2 aromatic carbocycles. The van der Waals surface area contributed by atoms with E-state index in [4.69, 9.17) is 10.5 Å². The molecule has 166 valence electrons. The molecule has 4 rings (SSSR count). The van der Waals surface area contributed by atoms with Crippen molar-refractivity contribution in [2.75, 3.05) is 12.3 Å². The number of hydrogen-bond acceptors (Lipinski definition) is 6. The first-order chi connectivity index (χ1) is 15.9. The van der Waals surface area contributed by atoms with Crippen LogP contribution in [0.1, 0.15) is 33.8 Å². The van der Waals surface area contributed by atoms with Gasteiger partial charge in [-0.05, 0) is 25.1 Å². The molecule has 0 aliphatic carbocycles. The van der Waals surface area contributed by atoms with Crippen LogP contribution >= 0.6 is 11.8 Å². The van der Waals surface area contributed by atoms with Gasteiger partial charge >= 0.3 is 5.97 Å². The Bertz CT molecular complexity index is 1460. The number of nitriles is 1. The molecule has 0 spiro atoms. The summed E-state index contributed by atoms with van der Waals surface area (Å²) in [5, 5.41) is 8.77. The van der Waals surface area contributed by atoms with Crippen molar-refractivity contribution < 1.29 is 23.1 Å². The number of thioether (sulfide) groups is 1. The van der Waals surface area contributed by atoms with Crippen LogP contribution in [0.4, 0.5) is 14.5 Å². The molecule has 0 saturated heterocycles. The fraction of sp³-hybridized carbons (Fsp3) is 0.125. The number of carbonyl (C=O) groups is 2. The lowest BCUT2D eigenvalue weighted by molar-refractivity contribution is -0.135. The zero-order valence-electron chi connectivity index (χ0n) is 17.3.